The number of aliphatic carboxylic acids is 1. The number of carboxylic acid groups (broad SMARTS) is 1. The summed E-state index contributed by atoms with van der Waals surface area (Å²) in [6.45, 7) is 4.89. The first-order valence-electron chi connectivity index (χ1n) is 11.1. The van der Waals surface area contributed by atoms with Crippen LogP contribution < -0.4 is 10.1 Å². The van der Waals surface area contributed by atoms with E-state index in [-0.39, 0.29) is 29.8 Å². The van der Waals surface area contributed by atoms with E-state index in [1.807, 2.05) is 0 Å². The fourth-order valence-corrected chi connectivity index (χ4v) is 3.24. The molecule has 0 saturated carbocycles. The molecule has 3 rings (SSSR count). The van der Waals surface area contributed by atoms with E-state index in [4.69, 9.17) is 4.74 Å². The molecule has 8 nitrogen and oxygen atoms in total. The zero-order chi connectivity index (χ0) is 26.6. The van der Waals surface area contributed by atoms with Crippen LogP contribution in [-0.4, -0.2) is 44.1 Å². The van der Waals surface area contributed by atoms with Crippen molar-refractivity contribution in [1.82, 2.24) is 15.1 Å². The average Bonchev–Trinajstić information content (AvgIpc) is 3.21. The van der Waals surface area contributed by atoms with Crippen LogP contribution in [0.2, 0.25) is 0 Å². The topological polar surface area (TPSA) is 114 Å². The Morgan fingerprint density at radius 2 is 1.69 bits per heavy atom. The van der Waals surface area contributed by atoms with Gasteiger partial charge in [-0.25, -0.2) is 13.2 Å². The molecule has 0 spiro atoms. The van der Waals surface area contributed by atoms with Crippen molar-refractivity contribution in [2.24, 2.45) is 5.92 Å². The fourth-order valence-electron chi connectivity index (χ4n) is 3.24. The van der Waals surface area contributed by atoms with E-state index in [1.165, 1.54) is 24.3 Å². The fraction of sp³-hybridized carbons (Fsp3) is 0.320. The van der Waals surface area contributed by atoms with Gasteiger partial charge < -0.3 is 20.3 Å². The van der Waals surface area contributed by atoms with Crippen LogP contribution in [0.15, 0.2) is 48.5 Å². The second kappa shape index (κ2) is 10.8. The number of carbonyl (C=O) groups excluding carboxylic acids is 1. The van der Waals surface area contributed by atoms with Gasteiger partial charge in [-0.05, 0) is 37.1 Å². The molecule has 0 aliphatic rings. The maximum Gasteiger partial charge on any atom is 0.305 e. The van der Waals surface area contributed by atoms with Crippen molar-refractivity contribution in [1.29, 1.82) is 0 Å². The van der Waals surface area contributed by atoms with Gasteiger partial charge in [0.25, 0.3) is 5.91 Å². The Balaban J connectivity index is 1.98. The zero-order valence-electron chi connectivity index (χ0n) is 19.8. The van der Waals surface area contributed by atoms with E-state index in [2.05, 4.69) is 10.4 Å². The molecule has 0 fully saturated rings. The van der Waals surface area contributed by atoms with Gasteiger partial charge in [0.2, 0.25) is 5.88 Å². The Morgan fingerprint density at radius 3 is 2.28 bits per heavy atom. The average molecular weight is 505 g/mol. The molecule has 2 unspecified atom stereocenters. The van der Waals surface area contributed by atoms with Gasteiger partial charge in [0.1, 0.15) is 29.7 Å². The summed E-state index contributed by atoms with van der Waals surface area (Å²) in [7, 11) is 0. The zero-order valence-corrected chi connectivity index (χ0v) is 19.8. The van der Waals surface area contributed by atoms with E-state index >= 15 is 0 Å². The number of carbonyl (C=O) groups is 2. The maximum atomic E-state index is 14.5. The summed E-state index contributed by atoms with van der Waals surface area (Å²) >= 11 is 0. The molecule has 3 N–H and O–H groups in total. The number of para-hydroxylation sites is 1. The quantitative estimate of drug-likeness (QED) is 0.384. The first-order valence-corrected chi connectivity index (χ1v) is 11.1. The van der Waals surface area contributed by atoms with Crippen LogP contribution >= 0.6 is 0 Å². The van der Waals surface area contributed by atoms with Gasteiger partial charge in [0, 0.05) is 11.6 Å². The number of halogens is 3. The predicted octanol–water partition coefficient (Wildman–Crippen LogP) is 4.02. The Bertz CT molecular complexity index is 1240. The summed E-state index contributed by atoms with van der Waals surface area (Å²) in [6, 6.07) is 8.16. The number of hydrogen-bond acceptors (Lipinski definition) is 5. The first kappa shape index (κ1) is 26.7. The Hall–Kier alpha value is -3.86. The molecule has 1 amide bonds. The van der Waals surface area contributed by atoms with E-state index in [0.29, 0.717) is 0 Å². The van der Waals surface area contributed by atoms with Crippen LogP contribution in [0.5, 0.6) is 5.88 Å². The number of rotatable bonds is 10. The smallest absolute Gasteiger partial charge is 0.305 e. The third-order valence-corrected chi connectivity index (χ3v) is 5.78. The van der Waals surface area contributed by atoms with Crippen molar-refractivity contribution < 1.29 is 37.7 Å². The van der Waals surface area contributed by atoms with Crippen molar-refractivity contribution in [3.05, 3.63) is 77.2 Å². The number of ether oxygens (including phenoxy) is 1. The number of benzene rings is 2. The van der Waals surface area contributed by atoms with Crippen molar-refractivity contribution in [3.8, 4) is 11.6 Å². The van der Waals surface area contributed by atoms with Crippen LogP contribution in [0.3, 0.4) is 0 Å². The lowest BCUT2D eigenvalue weighted by atomic mass is 9.94. The Labute approximate surface area is 205 Å². The van der Waals surface area contributed by atoms with Gasteiger partial charge >= 0.3 is 5.97 Å². The highest BCUT2D eigenvalue weighted by Crippen LogP contribution is 2.27. The van der Waals surface area contributed by atoms with E-state index < -0.39 is 53.0 Å². The minimum atomic E-state index is -1.55. The molecule has 36 heavy (non-hydrogen) atoms. The minimum Gasteiger partial charge on any atom is -0.481 e. The molecule has 2 atom stereocenters. The monoisotopic (exact) mass is 505 g/mol. The molecule has 0 aliphatic heterocycles. The van der Waals surface area contributed by atoms with Crippen LogP contribution in [0.1, 0.15) is 49.3 Å². The molecule has 2 aromatic carbocycles. The second-order valence-corrected chi connectivity index (χ2v) is 8.79. The van der Waals surface area contributed by atoms with Gasteiger partial charge in [-0.3, -0.25) is 9.59 Å². The van der Waals surface area contributed by atoms with Crippen LogP contribution in [0.4, 0.5) is 13.2 Å². The Kier molecular flexibility index (Phi) is 8.03. The molecule has 0 saturated heterocycles. The second-order valence-electron chi connectivity index (χ2n) is 8.79. The molecule has 1 aromatic heterocycles. The number of aromatic nitrogens is 2. The highest BCUT2D eigenvalue weighted by Gasteiger charge is 2.29. The molecule has 1 heterocycles. The van der Waals surface area contributed by atoms with Crippen LogP contribution in [0, 0.1) is 23.4 Å². The van der Waals surface area contributed by atoms with Gasteiger partial charge in [-0.1, -0.05) is 32.0 Å². The normalized spacial score (nSPS) is 13.8. The lowest BCUT2D eigenvalue weighted by molar-refractivity contribution is -0.137. The first-order chi connectivity index (χ1) is 16.9. The molecule has 3 aromatic rings. The molecular weight excluding hydrogens is 479 g/mol. The lowest BCUT2D eigenvalue weighted by Crippen LogP contribution is -2.38. The highest BCUT2D eigenvalue weighted by atomic mass is 19.1. The summed E-state index contributed by atoms with van der Waals surface area (Å²) in [4.78, 5) is 24.3. The maximum absolute atomic E-state index is 14.5. The third kappa shape index (κ3) is 6.03. The van der Waals surface area contributed by atoms with Gasteiger partial charge in [0.05, 0.1) is 18.1 Å². The van der Waals surface area contributed by atoms with Crippen molar-refractivity contribution in [2.75, 3.05) is 6.61 Å². The van der Waals surface area contributed by atoms with E-state index in [1.54, 1.807) is 20.8 Å². The molecule has 0 radical (unpaired) electrons. The van der Waals surface area contributed by atoms with Crippen molar-refractivity contribution >= 4 is 11.9 Å². The molecule has 0 bridgehead atoms. The number of hydrogen-bond donors (Lipinski definition) is 3. The largest absolute Gasteiger partial charge is 0.481 e. The lowest BCUT2D eigenvalue weighted by Gasteiger charge is -2.27. The number of carboxylic acids is 1. The van der Waals surface area contributed by atoms with Crippen LogP contribution in [-0.2, 0) is 4.79 Å². The summed E-state index contributed by atoms with van der Waals surface area (Å²) in [6.07, 6.45) is -0.807. The standard InChI is InChI=1S/C25H26F3N3O5/c1-14(2)25(3,35)13-36-21-11-19(30-31(21)20-10-5-4-7-15(20)26)24(34)29-18(12-22(32)33)23-16(27)8-6-9-17(23)28/h4-11,14,18,35H,12-13H2,1-3H3,(H,29,34)(H,32,33). The summed E-state index contributed by atoms with van der Waals surface area (Å²) in [5.74, 6) is -5.39. The van der Waals surface area contributed by atoms with Gasteiger partial charge in [0.15, 0.2) is 5.69 Å². The number of aliphatic hydroxyl groups is 1. The van der Waals surface area contributed by atoms with Crippen LogP contribution in [0.25, 0.3) is 5.69 Å². The minimum absolute atomic E-state index is 0.0574. The van der Waals surface area contributed by atoms with E-state index in [9.17, 15) is 33.0 Å². The van der Waals surface area contributed by atoms with Crippen molar-refractivity contribution in [3.63, 3.8) is 0 Å². The predicted molar refractivity (Wildman–Crippen MR) is 123 cm³/mol. The molecular formula is C25H26F3N3O5. The summed E-state index contributed by atoms with van der Waals surface area (Å²) in [5.41, 5.74) is -2.27. The van der Waals surface area contributed by atoms with Gasteiger partial charge in [-0.15, -0.1) is 0 Å². The Morgan fingerprint density at radius 1 is 1.08 bits per heavy atom. The molecule has 0 aliphatic carbocycles. The highest BCUT2D eigenvalue weighted by molar-refractivity contribution is 5.93. The number of amides is 1. The van der Waals surface area contributed by atoms with Gasteiger partial charge in [-0.2, -0.15) is 9.78 Å². The summed E-state index contributed by atoms with van der Waals surface area (Å²) < 4.78 is 49.9. The molecule has 11 heteroatoms. The van der Waals surface area contributed by atoms with E-state index in [0.717, 1.165) is 28.9 Å². The SMILES string of the molecule is CC(C)C(C)(O)COc1cc(C(=O)NC(CC(=O)O)c2c(F)cccc2F)nn1-c1ccccc1F. The number of nitrogens with one attached hydrogen (secondary N) is 1. The van der Waals surface area contributed by atoms with Crippen molar-refractivity contribution in [2.45, 2.75) is 38.8 Å². The number of nitrogens with zero attached hydrogens (tertiary/aromatic N) is 2. The third-order valence-electron chi connectivity index (χ3n) is 5.78. The molecule has 192 valence electrons. The summed E-state index contributed by atoms with van der Waals surface area (Å²) in [5, 5.41) is 26.1.